The molecule has 1 N–H and O–H groups in total. The van der Waals surface area contributed by atoms with Crippen molar-refractivity contribution < 1.29 is 23.1 Å². The number of nitrogens with one attached hydrogen (secondary N) is 1. The second-order valence-corrected chi connectivity index (χ2v) is 7.53. The van der Waals surface area contributed by atoms with Crippen molar-refractivity contribution >= 4 is 17.5 Å². The topological polar surface area (TPSA) is 58.6 Å². The molecule has 0 spiro atoms. The highest BCUT2D eigenvalue weighted by Gasteiger charge is 2.48. The summed E-state index contributed by atoms with van der Waals surface area (Å²) in [6.07, 6.45) is 1.96. The highest BCUT2D eigenvalue weighted by Crippen LogP contribution is 2.49. The van der Waals surface area contributed by atoms with E-state index in [-0.39, 0.29) is 23.7 Å². The number of benzene rings is 2. The van der Waals surface area contributed by atoms with Crippen molar-refractivity contribution in [3.63, 3.8) is 0 Å². The Labute approximate surface area is 167 Å². The molecule has 0 aromatic heterocycles. The van der Waals surface area contributed by atoms with Gasteiger partial charge in [-0.1, -0.05) is 6.07 Å². The summed E-state index contributed by atoms with van der Waals surface area (Å²) in [7, 11) is 1.57. The maximum absolute atomic E-state index is 13.5. The van der Waals surface area contributed by atoms with Crippen molar-refractivity contribution in [3.05, 3.63) is 59.7 Å². The predicted octanol–water partition coefficient (Wildman–Crippen LogP) is 3.71. The molecule has 1 heterocycles. The Kier molecular flexibility index (Phi) is 5.22. The van der Waals surface area contributed by atoms with E-state index in [1.807, 2.05) is 0 Å². The van der Waals surface area contributed by atoms with Gasteiger partial charge in [0.25, 0.3) is 0 Å². The lowest BCUT2D eigenvalue weighted by atomic mass is 10.1. The van der Waals surface area contributed by atoms with Gasteiger partial charge in [-0.2, -0.15) is 0 Å². The molecule has 1 saturated carbocycles. The van der Waals surface area contributed by atoms with Crippen LogP contribution in [0, 0.1) is 17.6 Å². The lowest BCUT2D eigenvalue weighted by Gasteiger charge is -2.24. The van der Waals surface area contributed by atoms with Crippen LogP contribution in [0.3, 0.4) is 0 Å². The molecule has 2 fully saturated rings. The quantitative estimate of drug-likeness (QED) is 0.833. The molecule has 0 bridgehead atoms. The van der Waals surface area contributed by atoms with Gasteiger partial charge in [-0.25, -0.2) is 8.78 Å². The monoisotopic (exact) mass is 400 g/mol. The lowest BCUT2D eigenvalue weighted by Crippen LogP contribution is -2.44. The molecule has 152 valence electrons. The number of ether oxygens (including phenoxy) is 1. The Bertz CT molecular complexity index is 932. The smallest absolute Gasteiger partial charge is 0.247 e. The van der Waals surface area contributed by atoms with E-state index in [2.05, 4.69) is 5.32 Å². The van der Waals surface area contributed by atoms with Crippen LogP contribution in [-0.2, 0) is 9.59 Å². The Hall–Kier alpha value is -2.96. The molecular weight excluding hydrogens is 378 g/mol. The first-order valence-corrected chi connectivity index (χ1v) is 9.68. The van der Waals surface area contributed by atoms with E-state index >= 15 is 0 Å². The van der Waals surface area contributed by atoms with Crippen molar-refractivity contribution in [2.24, 2.45) is 5.92 Å². The molecule has 5 nitrogen and oxygen atoms in total. The van der Waals surface area contributed by atoms with E-state index in [0.717, 1.165) is 18.6 Å². The largest absolute Gasteiger partial charge is 0.497 e. The normalized spacial score (nSPS) is 23.0. The summed E-state index contributed by atoms with van der Waals surface area (Å²) >= 11 is 0. The number of carbonyl (C=O) groups is 2. The van der Waals surface area contributed by atoms with Crippen molar-refractivity contribution in [1.82, 2.24) is 4.90 Å². The number of hydrogen-bond acceptors (Lipinski definition) is 3. The summed E-state index contributed by atoms with van der Waals surface area (Å²) < 4.78 is 31.7. The SMILES string of the molecule is COc1ccc(NC(=O)C2CCCN2C(=O)C2CC2c2ccc(F)c(F)c2)cc1. The Morgan fingerprint density at radius 2 is 1.86 bits per heavy atom. The average molecular weight is 400 g/mol. The number of likely N-dealkylation sites (tertiary alicyclic amines) is 1. The molecule has 2 aromatic rings. The van der Waals surface area contributed by atoms with Gasteiger partial charge in [0, 0.05) is 18.2 Å². The van der Waals surface area contributed by atoms with Gasteiger partial charge in [-0.05, 0) is 67.1 Å². The molecule has 2 aliphatic rings. The van der Waals surface area contributed by atoms with Crippen LogP contribution in [0.1, 0.15) is 30.7 Å². The number of nitrogens with zero attached hydrogens (tertiary/aromatic N) is 1. The van der Waals surface area contributed by atoms with Gasteiger partial charge in [0.1, 0.15) is 11.8 Å². The van der Waals surface area contributed by atoms with Crippen LogP contribution in [0.5, 0.6) is 5.75 Å². The fraction of sp³-hybridized carbons (Fsp3) is 0.364. The number of anilines is 1. The maximum atomic E-state index is 13.5. The molecule has 4 rings (SSSR count). The van der Waals surface area contributed by atoms with E-state index < -0.39 is 17.7 Å². The lowest BCUT2D eigenvalue weighted by molar-refractivity contribution is -0.137. The van der Waals surface area contributed by atoms with Crippen LogP contribution in [0.15, 0.2) is 42.5 Å². The third kappa shape index (κ3) is 3.95. The summed E-state index contributed by atoms with van der Waals surface area (Å²) in [4.78, 5) is 27.3. The second-order valence-electron chi connectivity index (χ2n) is 7.53. The summed E-state index contributed by atoms with van der Waals surface area (Å²) in [5.41, 5.74) is 1.27. The number of carbonyl (C=O) groups excluding carboxylic acids is 2. The van der Waals surface area contributed by atoms with E-state index in [9.17, 15) is 18.4 Å². The minimum atomic E-state index is -0.904. The van der Waals surface area contributed by atoms with Gasteiger partial charge in [0.2, 0.25) is 11.8 Å². The molecule has 2 aromatic carbocycles. The standard InChI is InChI=1S/C22H22F2N2O3/c1-29-15-7-5-14(6-8-15)25-21(27)20-3-2-10-26(20)22(28)17-12-16(17)13-4-9-18(23)19(24)11-13/h4-9,11,16-17,20H,2-3,10,12H2,1H3,(H,25,27). The molecule has 1 aliphatic heterocycles. The van der Waals surface area contributed by atoms with Gasteiger partial charge in [0.05, 0.1) is 7.11 Å². The Balaban J connectivity index is 1.40. The fourth-order valence-electron chi connectivity index (χ4n) is 4.00. The fourth-order valence-corrected chi connectivity index (χ4v) is 4.00. The Morgan fingerprint density at radius 3 is 2.55 bits per heavy atom. The van der Waals surface area contributed by atoms with Crippen molar-refractivity contribution in [1.29, 1.82) is 0 Å². The van der Waals surface area contributed by atoms with E-state index in [4.69, 9.17) is 4.74 Å². The van der Waals surface area contributed by atoms with Crippen molar-refractivity contribution in [2.75, 3.05) is 19.0 Å². The molecule has 0 radical (unpaired) electrons. The average Bonchev–Trinajstić information content (AvgIpc) is 3.37. The molecule has 3 atom stereocenters. The molecule has 1 saturated heterocycles. The number of rotatable bonds is 5. The van der Waals surface area contributed by atoms with E-state index in [0.29, 0.717) is 36.4 Å². The minimum Gasteiger partial charge on any atom is -0.497 e. The summed E-state index contributed by atoms with van der Waals surface area (Å²) in [6, 6.07) is 10.3. The summed E-state index contributed by atoms with van der Waals surface area (Å²) in [6.45, 7) is 0.528. The first-order valence-electron chi connectivity index (χ1n) is 9.68. The van der Waals surface area contributed by atoms with Crippen LogP contribution in [-0.4, -0.2) is 36.4 Å². The van der Waals surface area contributed by atoms with E-state index in [1.165, 1.54) is 6.07 Å². The number of hydrogen-bond donors (Lipinski definition) is 1. The first-order chi connectivity index (χ1) is 14.0. The molecule has 3 unspecified atom stereocenters. The third-order valence-electron chi connectivity index (χ3n) is 5.68. The van der Waals surface area contributed by atoms with Gasteiger partial charge in [-0.3, -0.25) is 9.59 Å². The zero-order chi connectivity index (χ0) is 20.5. The highest BCUT2D eigenvalue weighted by molar-refractivity contribution is 5.98. The van der Waals surface area contributed by atoms with Crippen LogP contribution in [0.25, 0.3) is 0 Å². The van der Waals surface area contributed by atoms with Gasteiger partial charge in [0.15, 0.2) is 11.6 Å². The number of methoxy groups -OCH3 is 1. The third-order valence-corrected chi connectivity index (χ3v) is 5.68. The van der Waals surface area contributed by atoms with Gasteiger partial charge in [-0.15, -0.1) is 0 Å². The van der Waals surface area contributed by atoms with Gasteiger partial charge >= 0.3 is 0 Å². The van der Waals surface area contributed by atoms with Crippen LogP contribution < -0.4 is 10.1 Å². The zero-order valence-corrected chi connectivity index (χ0v) is 16.0. The number of amides is 2. The maximum Gasteiger partial charge on any atom is 0.247 e. The highest BCUT2D eigenvalue weighted by atomic mass is 19.2. The molecular formula is C22H22F2N2O3. The predicted molar refractivity (Wildman–Crippen MR) is 104 cm³/mol. The number of halogens is 2. The van der Waals surface area contributed by atoms with Gasteiger partial charge < -0.3 is 15.0 Å². The Morgan fingerprint density at radius 1 is 1.10 bits per heavy atom. The van der Waals surface area contributed by atoms with Crippen LogP contribution in [0.4, 0.5) is 14.5 Å². The summed E-state index contributed by atoms with van der Waals surface area (Å²) in [5.74, 6) is -1.82. The van der Waals surface area contributed by atoms with Crippen molar-refractivity contribution in [3.8, 4) is 5.75 Å². The van der Waals surface area contributed by atoms with Crippen LogP contribution >= 0.6 is 0 Å². The molecule has 29 heavy (non-hydrogen) atoms. The molecule has 7 heteroatoms. The zero-order valence-electron chi connectivity index (χ0n) is 16.0. The van der Waals surface area contributed by atoms with E-state index in [1.54, 1.807) is 36.3 Å². The minimum absolute atomic E-state index is 0.0906. The molecule has 1 aliphatic carbocycles. The van der Waals surface area contributed by atoms with Crippen molar-refractivity contribution in [2.45, 2.75) is 31.2 Å². The molecule has 2 amide bonds. The second kappa shape index (κ2) is 7.81. The van der Waals surface area contributed by atoms with Crippen LogP contribution in [0.2, 0.25) is 0 Å². The summed E-state index contributed by atoms with van der Waals surface area (Å²) in [5, 5.41) is 2.86. The first kappa shape index (κ1) is 19.4.